The molecule has 1 atom stereocenters. The van der Waals surface area contributed by atoms with E-state index >= 15 is 0 Å². The van der Waals surface area contributed by atoms with E-state index in [1.807, 2.05) is 0 Å². The first-order valence-corrected chi connectivity index (χ1v) is 7.93. The third-order valence-electron chi connectivity index (χ3n) is 3.69. The molecule has 0 aromatic heterocycles. The molecule has 0 heterocycles. The molecule has 5 N–H and O–H groups in total. The molecule has 0 aliphatic carbocycles. The molecule has 4 amide bonds. The summed E-state index contributed by atoms with van der Waals surface area (Å²) in [7, 11) is 0. The van der Waals surface area contributed by atoms with Crippen molar-refractivity contribution >= 4 is 24.4 Å². The Labute approximate surface area is 149 Å². The Hall–Kier alpha value is -2.76. The molecule has 12 heteroatoms. The highest BCUT2D eigenvalue weighted by atomic mass is 16.4. The molecule has 0 rings (SSSR count). The molecule has 0 radical (unpaired) electrons. The molecule has 0 aliphatic heterocycles. The highest BCUT2D eigenvalue weighted by Gasteiger charge is 2.24. The van der Waals surface area contributed by atoms with Crippen LogP contribution in [0.4, 0.5) is 19.2 Å². The number of hydrogen-bond acceptors (Lipinski definition) is 5. The minimum Gasteiger partial charge on any atom is -0.465 e. The molecular formula is C14H25N3O9. The Kier molecular flexibility index (Phi) is 10.5. The third kappa shape index (κ3) is 8.37. The first-order valence-electron chi connectivity index (χ1n) is 7.93. The predicted molar refractivity (Wildman–Crippen MR) is 87.5 cm³/mol. The van der Waals surface area contributed by atoms with E-state index in [2.05, 4.69) is 0 Å². The van der Waals surface area contributed by atoms with Crippen LogP contribution in [0.5, 0.6) is 0 Å². The van der Waals surface area contributed by atoms with Crippen LogP contribution in [0.2, 0.25) is 0 Å². The molecule has 0 saturated carbocycles. The van der Waals surface area contributed by atoms with Crippen LogP contribution in [0, 0.1) is 0 Å². The van der Waals surface area contributed by atoms with Gasteiger partial charge in [0.1, 0.15) is 0 Å². The van der Waals surface area contributed by atoms with Crippen molar-refractivity contribution < 1.29 is 44.7 Å². The van der Waals surface area contributed by atoms with Crippen LogP contribution in [0.25, 0.3) is 0 Å². The van der Waals surface area contributed by atoms with Gasteiger partial charge in [-0.2, -0.15) is 0 Å². The molecule has 1 unspecified atom stereocenters. The Morgan fingerprint density at radius 2 is 1.31 bits per heavy atom. The van der Waals surface area contributed by atoms with E-state index in [0.29, 0.717) is 0 Å². The quantitative estimate of drug-likeness (QED) is 0.352. The van der Waals surface area contributed by atoms with Crippen molar-refractivity contribution in [1.29, 1.82) is 0 Å². The summed E-state index contributed by atoms with van der Waals surface area (Å²) in [6, 6.07) is -0.663. The van der Waals surface area contributed by atoms with E-state index in [0.717, 1.165) is 9.80 Å². The normalized spacial score (nSPS) is 11.5. The molecule has 0 fully saturated rings. The second kappa shape index (κ2) is 11.7. The van der Waals surface area contributed by atoms with Crippen molar-refractivity contribution in [3.05, 3.63) is 0 Å². The maximum atomic E-state index is 11.4. The molecule has 12 nitrogen and oxygen atoms in total. The molecule has 0 aromatic carbocycles. The van der Waals surface area contributed by atoms with Crippen molar-refractivity contribution in [3.63, 3.8) is 0 Å². The van der Waals surface area contributed by atoms with Gasteiger partial charge in [0.2, 0.25) is 0 Å². The lowest BCUT2D eigenvalue weighted by atomic mass is 10.2. The van der Waals surface area contributed by atoms with Crippen molar-refractivity contribution in [2.24, 2.45) is 0 Å². The van der Waals surface area contributed by atoms with E-state index in [-0.39, 0.29) is 56.9 Å². The van der Waals surface area contributed by atoms with Crippen molar-refractivity contribution in [1.82, 2.24) is 14.7 Å². The molecular weight excluding hydrogens is 354 g/mol. The van der Waals surface area contributed by atoms with Gasteiger partial charge in [0.05, 0.1) is 0 Å². The van der Waals surface area contributed by atoms with Crippen LogP contribution in [0.1, 0.15) is 26.2 Å². The zero-order chi connectivity index (χ0) is 20.3. The van der Waals surface area contributed by atoms with Gasteiger partial charge in [-0.15, -0.1) is 0 Å². The lowest BCUT2D eigenvalue weighted by molar-refractivity contribution is 0.107. The number of imide groups is 1. The number of hydrogen-bond donors (Lipinski definition) is 5. The largest absolute Gasteiger partial charge is 0.465 e. The summed E-state index contributed by atoms with van der Waals surface area (Å²) in [6.45, 7) is 1.16. The van der Waals surface area contributed by atoms with E-state index in [9.17, 15) is 24.3 Å². The fourth-order valence-corrected chi connectivity index (χ4v) is 2.25. The molecule has 0 bridgehead atoms. The number of aliphatic hydroxyl groups excluding tert-OH is 1. The van der Waals surface area contributed by atoms with E-state index in [4.69, 9.17) is 20.4 Å². The number of nitrogens with zero attached hydrogens (tertiary/aromatic N) is 3. The molecule has 0 aliphatic rings. The van der Waals surface area contributed by atoms with Gasteiger partial charge in [-0.3, -0.25) is 0 Å². The predicted octanol–water partition coefficient (Wildman–Crippen LogP) is 1.16. The number of rotatable bonds is 11. The van der Waals surface area contributed by atoms with Gasteiger partial charge in [0.25, 0.3) is 0 Å². The number of amides is 4. The van der Waals surface area contributed by atoms with Crippen LogP contribution in [-0.2, 0) is 0 Å². The molecule has 150 valence electrons. The maximum absolute atomic E-state index is 11.4. The van der Waals surface area contributed by atoms with Crippen LogP contribution < -0.4 is 0 Å². The second-order valence-corrected chi connectivity index (χ2v) is 5.53. The Balaban J connectivity index is 4.62. The lowest BCUT2D eigenvalue weighted by Gasteiger charge is -2.28. The minimum atomic E-state index is -1.65. The summed E-state index contributed by atoms with van der Waals surface area (Å²) in [5, 5.41) is 44.6. The summed E-state index contributed by atoms with van der Waals surface area (Å²) in [6.07, 6.45) is -5.29. The molecule has 0 spiro atoms. The topological polar surface area (TPSA) is 179 Å². The van der Waals surface area contributed by atoms with E-state index in [1.165, 1.54) is 6.92 Å². The summed E-state index contributed by atoms with van der Waals surface area (Å²) >= 11 is 0. The lowest BCUT2D eigenvalue weighted by Crippen LogP contribution is -2.43. The maximum Gasteiger partial charge on any atom is 0.416 e. The van der Waals surface area contributed by atoms with Gasteiger partial charge in [-0.05, 0) is 26.2 Å². The van der Waals surface area contributed by atoms with Crippen LogP contribution in [-0.4, -0.2) is 103 Å². The number of carbonyl (C=O) groups is 4. The summed E-state index contributed by atoms with van der Waals surface area (Å²) < 4.78 is 0. The fourth-order valence-electron chi connectivity index (χ4n) is 2.25. The smallest absolute Gasteiger partial charge is 0.416 e. The first-order chi connectivity index (χ1) is 12.1. The SMILES string of the molecule is CC(CCN(C(=O)O)C(=O)O)N(CCCN(CCCO)C(=O)O)C(=O)O. The van der Waals surface area contributed by atoms with Gasteiger partial charge in [0.15, 0.2) is 0 Å². The third-order valence-corrected chi connectivity index (χ3v) is 3.69. The van der Waals surface area contributed by atoms with Crippen molar-refractivity contribution in [2.75, 3.05) is 32.8 Å². The van der Waals surface area contributed by atoms with E-state index < -0.39 is 30.4 Å². The summed E-state index contributed by atoms with van der Waals surface area (Å²) in [5.74, 6) is 0. The van der Waals surface area contributed by atoms with Gasteiger partial charge in [-0.25, -0.2) is 24.1 Å². The number of carboxylic acid groups (broad SMARTS) is 4. The Morgan fingerprint density at radius 3 is 1.73 bits per heavy atom. The van der Waals surface area contributed by atoms with Crippen LogP contribution >= 0.6 is 0 Å². The van der Waals surface area contributed by atoms with Gasteiger partial charge >= 0.3 is 24.4 Å². The second-order valence-electron chi connectivity index (χ2n) is 5.53. The zero-order valence-corrected chi connectivity index (χ0v) is 14.4. The molecule has 0 saturated heterocycles. The average Bonchev–Trinajstić information content (AvgIpc) is 2.52. The highest BCUT2D eigenvalue weighted by Crippen LogP contribution is 2.08. The van der Waals surface area contributed by atoms with Crippen molar-refractivity contribution in [3.8, 4) is 0 Å². The first kappa shape index (κ1) is 23.2. The average molecular weight is 379 g/mol. The van der Waals surface area contributed by atoms with Gasteiger partial charge in [-0.1, -0.05) is 0 Å². The van der Waals surface area contributed by atoms with Gasteiger partial charge < -0.3 is 35.3 Å². The number of aliphatic hydroxyl groups is 1. The highest BCUT2D eigenvalue weighted by molar-refractivity contribution is 5.85. The molecule has 26 heavy (non-hydrogen) atoms. The summed E-state index contributed by atoms with van der Waals surface area (Å²) in [4.78, 5) is 46.2. The van der Waals surface area contributed by atoms with Crippen molar-refractivity contribution in [2.45, 2.75) is 32.2 Å². The molecule has 0 aromatic rings. The van der Waals surface area contributed by atoms with Crippen LogP contribution in [0.15, 0.2) is 0 Å². The monoisotopic (exact) mass is 379 g/mol. The minimum absolute atomic E-state index is 0.000449. The van der Waals surface area contributed by atoms with Crippen LogP contribution in [0.3, 0.4) is 0 Å². The standard InChI is InChI=1S/C14H25N3O9/c1-10(4-8-17(13(23)24)14(25)26)16(12(21)22)7-2-5-15(11(19)20)6-3-9-18/h10,18H,2-9H2,1H3,(H,19,20)(H,21,22)(H,23,24)(H,25,26). The van der Waals surface area contributed by atoms with Gasteiger partial charge in [0, 0.05) is 38.8 Å². The Bertz CT molecular complexity index is 486. The van der Waals surface area contributed by atoms with E-state index in [1.54, 1.807) is 0 Å². The fraction of sp³-hybridized carbons (Fsp3) is 0.714. The summed E-state index contributed by atoms with van der Waals surface area (Å²) in [5.41, 5.74) is 0. The Morgan fingerprint density at radius 1 is 0.769 bits per heavy atom. The zero-order valence-electron chi connectivity index (χ0n) is 14.4.